The smallest absolute Gasteiger partial charge is 0.335 e. The topological polar surface area (TPSA) is 121 Å². The van der Waals surface area contributed by atoms with Gasteiger partial charge in [-0.25, -0.2) is 13.2 Å². The molecule has 1 saturated carbocycles. The molecular formula is C17H20N4O4S. The SMILES string of the molecule is CC1(c2ccc(/C(=C\C3CCCC3)C(=O)O)cc2S(C)(=O)=O)N=NN=N1. The lowest BCUT2D eigenvalue weighted by atomic mass is 9.95. The van der Waals surface area contributed by atoms with Crippen molar-refractivity contribution in [3.05, 3.63) is 35.4 Å². The fourth-order valence-corrected chi connectivity index (χ4v) is 4.38. The van der Waals surface area contributed by atoms with Crippen molar-refractivity contribution in [3.8, 4) is 0 Å². The van der Waals surface area contributed by atoms with E-state index in [9.17, 15) is 18.3 Å². The molecule has 1 aliphatic heterocycles. The molecule has 0 bridgehead atoms. The molecule has 0 atom stereocenters. The highest BCUT2D eigenvalue weighted by molar-refractivity contribution is 7.90. The van der Waals surface area contributed by atoms with Gasteiger partial charge in [-0.15, -0.1) is 10.2 Å². The number of carbonyl (C=O) groups is 1. The zero-order chi connectivity index (χ0) is 18.9. The molecule has 9 heteroatoms. The number of aliphatic carboxylic acids is 1. The lowest BCUT2D eigenvalue weighted by Crippen LogP contribution is -2.18. The van der Waals surface area contributed by atoms with Crippen LogP contribution in [0.1, 0.15) is 43.7 Å². The summed E-state index contributed by atoms with van der Waals surface area (Å²) < 4.78 is 24.7. The van der Waals surface area contributed by atoms with Crippen molar-refractivity contribution < 1.29 is 18.3 Å². The first-order chi connectivity index (χ1) is 12.2. The first-order valence-corrected chi connectivity index (χ1v) is 10.2. The highest BCUT2D eigenvalue weighted by Gasteiger charge is 2.35. The second kappa shape index (κ2) is 6.71. The van der Waals surface area contributed by atoms with E-state index in [2.05, 4.69) is 20.7 Å². The van der Waals surface area contributed by atoms with E-state index < -0.39 is 21.5 Å². The maximum absolute atomic E-state index is 12.3. The van der Waals surface area contributed by atoms with E-state index in [1.165, 1.54) is 6.07 Å². The van der Waals surface area contributed by atoms with Gasteiger partial charge in [0.2, 0.25) is 5.66 Å². The minimum atomic E-state index is -3.64. The van der Waals surface area contributed by atoms with Crippen LogP contribution < -0.4 is 0 Å². The number of nitrogens with zero attached hydrogens (tertiary/aromatic N) is 4. The average Bonchev–Trinajstić information content (AvgIpc) is 3.23. The molecule has 1 aromatic carbocycles. The van der Waals surface area contributed by atoms with Crippen molar-refractivity contribution in [1.29, 1.82) is 0 Å². The summed E-state index contributed by atoms with van der Waals surface area (Å²) in [6.07, 6.45) is 6.88. The van der Waals surface area contributed by atoms with E-state index >= 15 is 0 Å². The minimum Gasteiger partial charge on any atom is -0.478 e. The second-order valence-corrected chi connectivity index (χ2v) is 8.80. The van der Waals surface area contributed by atoms with Crippen LogP contribution in [0.2, 0.25) is 0 Å². The summed E-state index contributed by atoms with van der Waals surface area (Å²) in [4.78, 5) is 11.8. The summed E-state index contributed by atoms with van der Waals surface area (Å²) in [5.41, 5.74) is -0.438. The first kappa shape index (κ1) is 18.4. The van der Waals surface area contributed by atoms with Gasteiger partial charge in [0.25, 0.3) is 0 Å². The third-order valence-corrected chi connectivity index (χ3v) is 5.89. The Labute approximate surface area is 151 Å². The Hall–Kier alpha value is -2.42. The van der Waals surface area contributed by atoms with Crippen molar-refractivity contribution in [2.45, 2.75) is 43.2 Å². The zero-order valence-electron chi connectivity index (χ0n) is 14.6. The molecule has 138 valence electrons. The van der Waals surface area contributed by atoms with Gasteiger partial charge in [-0.05, 0) is 47.8 Å². The van der Waals surface area contributed by atoms with E-state index in [1.54, 1.807) is 25.1 Å². The van der Waals surface area contributed by atoms with Crippen LogP contribution in [0.25, 0.3) is 5.57 Å². The Morgan fingerprint density at radius 1 is 1.23 bits per heavy atom. The van der Waals surface area contributed by atoms with Gasteiger partial charge >= 0.3 is 5.97 Å². The molecule has 2 aliphatic rings. The number of sulfone groups is 1. The van der Waals surface area contributed by atoms with Crippen LogP contribution in [-0.2, 0) is 20.3 Å². The van der Waals surface area contributed by atoms with Gasteiger partial charge in [0.05, 0.1) is 10.5 Å². The molecule has 0 unspecified atom stereocenters. The molecule has 1 N–H and O–H groups in total. The molecular weight excluding hydrogens is 356 g/mol. The summed E-state index contributed by atoms with van der Waals surface area (Å²) in [7, 11) is -3.64. The largest absolute Gasteiger partial charge is 0.478 e. The van der Waals surface area contributed by atoms with Crippen LogP contribution in [-0.4, -0.2) is 25.7 Å². The summed E-state index contributed by atoms with van der Waals surface area (Å²) in [6, 6.07) is 4.52. The molecule has 26 heavy (non-hydrogen) atoms. The molecule has 1 fully saturated rings. The Kier molecular flexibility index (Phi) is 4.74. The van der Waals surface area contributed by atoms with Gasteiger partial charge in [0.15, 0.2) is 9.84 Å². The Bertz CT molecular complexity index is 916. The van der Waals surface area contributed by atoms with Crippen LogP contribution in [0.15, 0.2) is 49.8 Å². The quantitative estimate of drug-likeness (QED) is 0.786. The molecule has 0 radical (unpaired) electrons. The molecule has 3 rings (SSSR count). The van der Waals surface area contributed by atoms with Crippen molar-refractivity contribution in [3.63, 3.8) is 0 Å². The molecule has 1 heterocycles. The van der Waals surface area contributed by atoms with E-state index in [0.717, 1.165) is 31.9 Å². The average molecular weight is 376 g/mol. The third kappa shape index (κ3) is 3.57. The Balaban J connectivity index is 2.13. The van der Waals surface area contributed by atoms with Gasteiger partial charge in [-0.3, -0.25) is 0 Å². The molecule has 0 spiro atoms. The molecule has 0 amide bonds. The van der Waals surface area contributed by atoms with Crippen LogP contribution in [0.3, 0.4) is 0 Å². The van der Waals surface area contributed by atoms with E-state index in [1.807, 2.05) is 0 Å². The molecule has 8 nitrogen and oxygen atoms in total. The normalized spacial score (nSPS) is 20.0. The zero-order valence-corrected chi connectivity index (χ0v) is 15.4. The standard InChI is InChI=1S/C17H20N4O4S/c1-17(18-20-21-19-17)14-8-7-12(10-15(14)26(2,24)25)13(16(22)23)9-11-5-3-4-6-11/h7-11H,3-6H2,1-2H3,(H,22,23)/b13-9+. The number of rotatable bonds is 5. The Morgan fingerprint density at radius 2 is 1.85 bits per heavy atom. The maximum atomic E-state index is 12.3. The highest BCUT2D eigenvalue weighted by atomic mass is 32.2. The van der Waals surface area contributed by atoms with Gasteiger partial charge < -0.3 is 5.11 Å². The third-order valence-electron chi connectivity index (χ3n) is 4.75. The number of benzene rings is 1. The fourth-order valence-electron chi connectivity index (χ4n) is 3.38. The van der Waals surface area contributed by atoms with Gasteiger partial charge in [0, 0.05) is 11.8 Å². The van der Waals surface area contributed by atoms with Crippen LogP contribution in [0.4, 0.5) is 0 Å². The summed E-state index contributed by atoms with van der Waals surface area (Å²) in [6.45, 7) is 1.60. The van der Waals surface area contributed by atoms with Crippen LogP contribution in [0, 0.1) is 5.92 Å². The number of allylic oxidation sites excluding steroid dienone is 1. The predicted octanol–water partition coefficient (Wildman–Crippen LogP) is 3.75. The van der Waals surface area contributed by atoms with Crippen molar-refractivity contribution >= 4 is 21.4 Å². The number of carboxylic acids is 1. The molecule has 0 aromatic heterocycles. The van der Waals surface area contributed by atoms with Crippen molar-refractivity contribution in [2.24, 2.45) is 26.6 Å². The van der Waals surface area contributed by atoms with E-state index in [0.29, 0.717) is 11.1 Å². The van der Waals surface area contributed by atoms with Crippen LogP contribution in [0.5, 0.6) is 0 Å². The van der Waals surface area contributed by atoms with Gasteiger partial charge in [0.1, 0.15) is 0 Å². The maximum Gasteiger partial charge on any atom is 0.335 e. The second-order valence-electron chi connectivity index (χ2n) is 6.81. The number of carboxylic acid groups (broad SMARTS) is 1. The van der Waals surface area contributed by atoms with Crippen molar-refractivity contribution in [1.82, 2.24) is 0 Å². The molecule has 0 saturated heterocycles. The summed E-state index contributed by atoms with van der Waals surface area (Å²) >= 11 is 0. The van der Waals surface area contributed by atoms with E-state index in [4.69, 9.17) is 0 Å². The van der Waals surface area contributed by atoms with Gasteiger partial charge in [-0.2, -0.15) is 0 Å². The lowest BCUT2D eigenvalue weighted by molar-refractivity contribution is -0.130. The Morgan fingerprint density at radius 3 is 2.38 bits per heavy atom. The highest BCUT2D eigenvalue weighted by Crippen LogP contribution is 2.37. The monoisotopic (exact) mass is 376 g/mol. The summed E-state index contributed by atoms with van der Waals surface area (Å²) in [5.74, 6) is -0.868. The van der Waals surface area contributed by atoms with E-state index in [-0.39, 0.29) is 16.4 Å². The van der Waals surface area contributed by atoms with Crippen molar-refractivity contribution in [2.75, 3.05) is 6.26 Å². The lowest BCUT2D eigenvalue weighted by Gasteiger charge is -2.19. The number of hydrogen-bond donors (Lipinski definition) is 1. The first-order valence-electron chi connectivity index (χ1n) is 8.35. The predicted molar refractivity (Wildman–Crippen MR) is 94.2 cm³/mol. The molecule has 1 aliphatic carbocycles. The molecule has 1 aromatic rings. The van der Waals surface area contributed by atoms with Crippen LogP contribution >= 0.6 is 0 Å². The fraction of sp³-hybridized carbons (Fsp3) is 0.471. The minimum absolute atomic E-state index is 0.0177. The van der Waals surface area contributed by atoms with Gasteiger partial charge in [-0.1, -0.05) is 31.1 Å². The number of hydrogen-bond acceptors (Lipinski definition) is 7. The summed E-state index contributed by atoms with van der Waals surface area (Å²) in [5, 5.41) is 24.4.